The van der Waals surface area contributed by atoms with Gasteiger partial charge in [0.25, 0.3) is 11.5 Å². The Morgan fingerprint density at radius 1 is 1.09 bits per heavy atom. The molecule has 4 rings (SSSR count). The summed E-state index contributed by atoms with van der Waals surface area (Å²) in [6.07, 6.45) is 1.57. The number of hydrogen-bond acceptors (Lipinski definition) is 6. The molecule has 0 radical (unpaired) electrons. The highest BCUT2D eigenvalue weighted by atomic mass is 32.1. The van der Waals surface area contributed by atoms with Crippen molar-refractivity contribution in [2.75, 3.05) is 25.2 Å². The van der Waals surface area contributed by atoms with Crippen molar-refractivity contribution in [2.45, 2.75) is 13.5 Å². The molecule has 0 atom stereocenters. The number of fused-ring (bicyclic) bond motifs is 1. The maximum absolute atomic E-state index is 13.7. The second-order valence-electron chi connectivity index (χ2n) is 6.97. The largest absolute Gasteiger partial charge is 0.494 e. The van der Waals surface area contributed by atoms with Crippen molar-refractivity contribution in [1.82, 2.24) is 9.55 Å². The van der Waals surface area contributed by atoms with Crippen molar-refractivity contribution in [1.29, 1.82) is 0 Å². The van der Waals surface area contributed by atoms with Crippen LogP contribution >= 0.6 is 11.3 Å². The van der Waals surface area contributed by atoms with Crippen LogP contribution in [0.4, 0.5) is 10.8 Å². The van der Waals surface area contributed by atoms with Crippen molar-refractivity contribution >= 4 is 38.3 Å². The summed E-state index contributed by atoms with van der Waals surface area (Å²) in [6.45, 7) is 3.21. The van der Waals surface area contributed by atoms with Crippen molar-refractivity contribution in [2.24, 2.45) is 0 Å². The van der Waals surface area contributed by atoms with Gasteiger partial charge in [-0.25, -0.2) is 4.98 Å². The van der Waals surface area contributed by atoms with Gasteiger partial charge >= 0.3 is 0 Å². The summed E-state index contributed by atoms with van der Waals surface area (Å²) in [5.74, 6) is 0.445. The quantitative estimate of drug-likeness (QED) is 0.397. The second-order valence-corrected chi connectivity index (χ2v) is 7.98. The lowest BCUT2D eigenvalue weighted by Crippen LogP contribution is -2.29. The van der Waals surface area contributed by atoms with Crippen LogP contribution < -0.4 is 15.2 Å². The average Bonchev–Trinajstić information content (AvgIpc) is 3.23. The molecule has 164 valence electrons. The third-order valence-corrected chi connectivity index (χ3v) is 5.87. The first kappa shape index (κ1) is 21.7. The number of nitrogens with zero attached hydrogens (tertiary/aromatic N) is 3. The number of anilines is 2. The van der Waals surface area contributed by atoms with Gasteiger partial charge in [0.05, 0.1) is 34.7 Å². The minimum absolute atomic E-state index is 0.189. The van der Waals surface area contributed by atoms with Gasteiger partial charge in [0.15, 0.2) is 5.13 Å². The number of carbonyl (C=O) groups excluding carboxylic acids is 1. The molecule has 32 heavy (non-hydrogen) atoms. The molecular formula is C24H23N3O4S. The van der Waals surface area contributed by atoms with E-state index in [0.29, 0.717) is 36.1 Å². The maximum Gasteiger partial charge on any atom is 0.266 e. The van der Waals surface area contributed by atoms with E-state index in [9.17, 15) is 9.59 Å². The van der Waals surface area contributed by atoms with Crippen LogP contribution in [-0.4, -0.2) is 35.8 Å². The zero-order valence-electron chi connectivity index (χ0n) is 17.9. The van der Waals surface area contributed by atoms with Crippen LogP contribution in [0.2, 0.25) is 0 Å². The molecule has 0 saturated heterocycles. The fourth-order valence-corrected chi connectivity index (χ4v) is 4.26. The standard InChI is InChI=1S/C24H23N3O4S/c1-3-31-19-11-9-18(10-12-19)27(24-25-20-6-4-5-7-21(20)32-24)23(29)17-8-13-22(28)26(16-17)14-15-30-2/h4-13,16H,3,14-15H2,1-2H3. The molecule has 2 aromatic carbocycles. The van der Waals surface area contributed by atoms with Gasteiger partial charge in [0.1, 0.15) is 5.75 Å². The number of para-hydroxylation sites is 1. The van der Waals surface area contributed by atoms with Gasteiger partial charge < -0.3 is 14.0 Å². The Hall–Kier alpha value is -3.49. The summed E-state index contributed by atoms with van der Waals surface area (Å²) in [5.41, 5.74) is 1.67. The number of rotatable bonds is 8. The molecule has 2 aromatic heterocycles. The number of ether oxygens (including phenoxy) is 2. The first-order valence-electron chi connectivity index (χ1n) is 10.2. The van der Waals surface area contributed by atoms with Gasteiger partial charge in [0.2, 0.25) is 0 Å². The van der Waals surface area contributed by atoms with Crippen molar-refractivity contribution in [3.63, 3.8) is 0 Å². The predicted octanol–water partition coefficient (Wildman–Crippen LogP) is 4.48. The molecule has 4 aromatic rings. The van der Waals surface area contributed by atoms with Gasteiger partial charge in [-0.15, -0.1) is 0 Å². The fourth-order valence-electron chi connectivity index (χ4n) is 3.28. The molecule has 0 spiro atoms. The van der Waals surface area contributed by atoms with E-state index in [1.165, 1.54) is 22.0 Å². The molecular weight excluding hydrogens is 426 g/mol. The van der Waals surface area contributed by atoms with Crippen LogP contribution in [0.15, 0.2) is 71.7 Å². The van der Waals surface area contributed by atoms with Crippen LogP contribution in [0.25, 0.3) is 10.2 Å². The molecule has 2 heterocycles. The number of aromatic nitrogens is 2. The van der Waals surface area contributed by atoms with E-state index >= 15 is 0 Å². The number of benzene rings is 2. The Labute approximate surface area is 189 Å². The van der Waals surface area contributed by atoms with E-state index in [1.807, 2.05) is 55.5 Å². The van der Waals surface area contributed by atoms with Crippen LogP contribution in [0, 0.1) is 0 Å². The second kappa shape index (κ2) is 9.76. The first-order chi connectivity index (χ1) is 15.6. The average molecular weight is 450 g/mol. The molecule has 0 unspecified atom stereocenters. The van der Waals surface area contributed by atoms with Gasteiger partial charge in [-0.3, -0.25) is 14.5 Å². The smallest absolute Gasteiger partial charge is 0.266 e. The molecule has 0 aliphatic rings. The normalized spacial score (nSPS) is 10.9. The van der Waals surface area contributed by atoms with Gasteiger partial charge in [0, 0.05) is 25.9 Å². The Kier molecular flexibility index (Phi) is 6.63. The van der Waals surface area contributed by atoms with E-state index in [-0.39, 0.29) is 11.5 Å². The summed E-state index contributed by atoms with van der Waals surface area (Å²) in [5, 5.41) is 0.551. The third-order valence-electron chi connectivity index (χ3n) is 4.85. The van der Waals surface area contributed by atoms with Crippen LogP contribution in [-0.2, 0) is 11.3 Å². The highest BCUT2D eigenvalue weighted by molar-refractivity contribution is 7.22. The summed E-state index contributed by atoms with van der Waals surface area (Å²) in [4.78, 5) is 32.1. The lowest BCUT2D eigenvalue weighted by Gasteiger charge is -2.21. The fraction of sp³-hybridized carbons (Fsp3) is 0.208. The number of thiazole rings is 1. The van der Waals surface area contributed by atoms with Crippen LogP contribution in [0.3, 0.4) is 0 Å². The van der Waals surface area contributed by atoms with Crippen molar-refractivity contribution < 1.29 is 14.3 Å². The Bertz CT molecular complexity index is 1250. The van der Waals surface area contributed by atoms with Crippen LogP contribution in [0.1, 0.15) is 17.3 Å². The van der Waals surface area contributed by atoms with E-state index in [1.54, 1.807) is 24.3 Å². The lowest BCUT2D eigenvalue weighted by molar-refractivity contribution is 0.0998. The maximum atomic E-state index is 13.7. The number of carbonyl (C=O) groups is 1. The lowest BCUT2D eigenvalue weighted by atomic mass is 10.2. The molecule has 7 nitrogen and oxygen atoms in total. The van der Waals surface area contributed by atoms with Gasteiger partial charge in [-0.1, -0.05) is 23.5 Å². The number of amides is 1. The minimum Gasteiger partial charge on any atom is -0.494 e. The van der Waals surface area contributed by atoms with Crippen molar-refractivity contribution in [3.8, 4) is 5.75 Å². The molecule has 0 N–H and O–H groups in total. The third kappa shape index (κ3) is 4.56. The molecule has 0 bridgehead atoms. The zero-order chi connectivity index (χ0) is 22.5. The van der Waals surface area contributed by atoms with Gasteiger partial charge in [-0.2, -0.15) is 0 Å². The molecule has 0 aliphatic carbocycles. The Morgan fingerprint density at radius 2 is 1.88 bits per heavy atom. The molecule has 0 aliphatic heterocycles. The number of pyridine rings is 1. The summed E-state index contributed by atoms with van der Waals surface area (Å²) >= 11 is 1.43. The molecule has 1 amide bonds. The topological polar surface area (TPSA) is 73.7 Å². The SMILES string of the molecule is CCOc1ccc(N(C(=O)c2ccc(=O)n(CCOC)c2)c2nc3ccccc3s2)cc1. The summed E-state index contributed by atoms with van der Waals surface area (Å²) < 4.78 is 13.1. The predicted molar refractivity (Wildman–Crippen MR) is 126 cm³/mol. The zero-order valence-corrected chi connectivity index (χ0v) is 18.7. The van der Waals surface area contributed by atoms with Crippen LogP contribution in [0.5, 0.6) is 5.75 Å². The number of hydrogen-bond donors (Lipinski definition) is 0. The highest BCUT2D eigenvalue weighted by Crippen LogP contribution is 2.35. The van der Waals surface area contributed by atoms with E-state index in [0.717, 1.165) is 16.0 Å². The summed E-state index contributed by atoms with van der Waals surface area (Å²) in [7, 11) is 1.57. The highest BCUT2D eigenvalue weighted by Gasteiger charge is 2.24. The Morgan fingerprint density at radius 3 is 2.59 bits per heavy atom. The monoisotopic (exact) mass is 449 g/mol. The molecule has 0 fully saturated rings. The number of methoxy groups -OCH3 is 1. The van der Waals surface area contributed by atoms with E-state index in [2.05, 4.69) is 4.98 Å². The minimum atomic E-state index is -0.278. The molecule has 0 saturated carbocycles. The van der Waals surface area contributed by atoms with E-state index in [4.69, 9.17) is 9.47 Å². The first-order valence-corrected chi connectivity index (χ1v) is 11.0. The van der Waals surface area contributed by atoms with Crippen molar-refractivity contribution in [3.05, 3.63) is 82.8 Å². The van der Waals surface area contributed by atoms with Gasteiger partial charge in [-0.05, 0) is 49.4 Å². The summed E-state index contributed by atoms with van der Waals surface area (Å²) in [6, 6.07) is 18.0. The Balaban J connectivity index is 1.78. The molecule has 8 heteroatoms. The van der Waals surface area contributed by atoms with E-state index < -0.39 is 0 Å².